The van der Waals surface area contributed by atoms with Crippen LogP contribution in [0.4, 0.5) is 0 Å². The topological polar surface area (TPSA) is 60.5 Å². The van der Waals surface area contributed by atoms with Crippen LogP contribution in [0.15, 0.2) is 47.6 Å². The van der Waals surface area contributed by atoms with Gasteiger partial charge in [0.2, 0.25) is 0 Å². The van der Waals surface area contributed by atoms with Gasteiger partial charge in [0.15, 0.2) is 5.17 Å². The lowest BCUT2D eigenvalue weighted by atomic mass is 9.86. The highest BCUT2D eigenvalue weighted by Crippen LogP contribution is 2.44. The number of fused-ring (bicyclic) bond motifs is 1. The third-order valence-electron chi connectivity index (χ3n) is 6.04. The summed E-state index contributed by atoms with van der Waals surface area (Å²) >= 11 is 1.81. The Morgan fingerprint density at radius 1 is 1.34 bits per heavy atom. The summed E-state index contributed by atoms with van der Waals surface area (Å²) in [5.74, 6) is 0.713. The van der Waals surface area contributed by atoms with Crippen LogP contribution in [0.1, 0.15) is 50.0 Å². The first kappa shape index (κ1) is 20.1. The van der Waals surface area contributed by atoms with E-state index in [4.69, 9.17) is 0 Å². The average Bonchev–Trinajstić information content (AvgIpc) is 3.27. The van der Waals surface area contributed by atoms with E-state index in [1.54, 1.807) is 0 Å². The molecule has 29 heavy (non-hydrogen) atoms. The normalized spacial score (nSPS) is 24.4. The number of rotatable bonds is 5. The molecule has 5 nitrogen and oxygen atoms in total. The zero-order valence-corrected chi connectivity index (χ0v) is 18.1. The number of aliphatic imine (C=N–C) groups is 1. The van der Waals surface area contributed by atoms with Crippen LogP contribution in [-0.2, 0) is 0 Å². The van der Waals surface area contributed by atoms with Gasteiger partial charge in [0, 0.05) is 36.2 Å². The van der Waals surface area contributed by atoms with Crippen LogP contribution in [0.3, 0.4) is 0 Å². The Hall–Kier alpha value is -2.21. The molecule has 3 heterocycles. The lowest BCUT2D eigenvalue weighted by Crippen LogP contribution is -2.40. The number of hydrogen-bond donors (Lipinski definition) is 2. The second-order valence-electron chi connectivity index (χ2n) is 8.33. The van der Waals surface area contributed by atoms with Gasteiger partial charge in [0.1, 0.15) is 5.69 Å². The molecule has 0 radical (unpaired) electrons. The number of aromatic nitrogens is 1. The summed E-state index contributed by atoms with van der Waals surface area (Å²) in [5, 5.41) is 5.47. The number of thioether (sulfide) groups is 1. The first-order valence-electron chi connectivity index (χ1n) is 10.6. The highest BCUT2D eigenvalue weighted by Gasteiger charge is 2.40. The van der Waals surface area contributed by atoms with Crippen LogP contribution in [0.25, 0.3) is 10.9 Å². The molecule has 6 heteroatoms. The van der Waals surface area contributed by atoms with E-state index in [-0.39, 0.29) is 10.7 Å². The second-order valence-corrected chi connectivity index (χ2v) is 9.83. The highest BCUT2D eigenvalue weighted by atomic mass is 32.2. The summed E-state index contributed by atoms with van der Waals surface area (Å²) in [7, 11) is 0. The lowest BCUT2D eigenvalue weighted by Gasteiger charge is -2.35. The van der Waals surface area contributed by atoms with Gasteiger partial charge in [0.25, 0.3) is 5.91 Å². The Kier molecular flexibility index (Phi) is 5.72. The minimum absolute atomic E-state index is 0.0133. The Morgan fingerprint density at radius 2 is 2.10 bits per heavy atom. The summed E-state index contributed by atoms with van der Waals surface area (Å²) < 4.78 is -0.0133. The number of aromatic amines is 1. The number of amides is 1. The third-order valence-corrected chi connectivity index (χ3v) is 7.33. The van der Waals surface area contributed by atoms with Gasteiger partial charge in [-0.2, -0.15) is 0 Å². The van der Waals surface area contributed by atoms with Crippen molar-refractivity contribution in [1.29, 1.82) is 0 Å². The summed E-state index contributed by atoms with van der Waals surface area (Å²) in [6.07, 6.45) is 4.20. The maximum absolute atomic E-state index is 12.9. The molecule has 1 amide bonds. The van der Waals surface area contributed by atoms with E-state index in [1.807, 2.05) is 47.0 Å². The number of nitrogens with one attached hydrogen (secondary N) is 2. The molecule has 2 fully saturated rings. The number of likely N-dealkylation sites (tertiary alicyclic amines) is 1. The van der Waals surface area contributed by atoms with Gasteiger partial charge < -0.3 is 15.2 Å². The Morgan fingerprint density at radius 3 is 2.83 bits per heavy atom. The van der Waals surface area contributed by atoms with E-state index in [0.29, 0.717) is 11.6 Å². The van der Waals surface area contributed by atoms with Gasteiger partial charge in [-0.15, -0.1) is 0 Å². The molecule has 2 saturated heterocycles. The van der Waals surface area contributed by atoms with Crippen molar-refractivity contribution in [2.75, 3.05) is 19.6 Å². The van der Waals surface area contributed by atoms with Gasteiger partial charge in [0.05, 0.1) is 4.75 Å². The number of para-hydroxylation sites is 1. The number of hydrogen-bond acceptors (Lipinski definition) is 3. The van der Waals surface area contributed by atoms with Crippen LogP contribution in [0, 0.1) is 5.92 Å². The SMILES string of the molecule is C=C1NC(=NCCC)SC1(C)CC1CCN(C(=O)c2cc3ccccc3[nH]2)CC1. The molecular formula is C23H30N4OS. The van der Waals surface area contributed by atoms with Crippen molar-refractivity contribution >= 4 is 33.7 Å². The lowest BCUT2D eigenvalue weighted by molar-refractivity contribution is 0.0679. The molecule has 0 aliphatic carbocycles. The molecule has 154 valence electrons. The van der Waals surface area contributed by atoms with E-state index >= 15 is 0 Å². The van der Waals surface area contributed by atoms with Crippen molar-refractivity contribution < 1.29 is 4.79 Å². The fourth-order valence-corrected chi connectivity index (χ4v) is 5.51. The van der Waals surface area contributed by atoms with E-state index < -0.39 is 0 Å². The quantitative estimate of drug-likeness (QED) is 0.745. The van der Waals surface area contributed by atoms with Crippen LogP contribution >= 0.6 is 11.8 Å². The molecule has 1 atom stereocenters. The minimum atomic E-state index is -0.0133. The molecule has 4 rings (SSSR count). The predicted molar refractivity (Wildman–Crippen MR) is 122 cm³/mol. The van der Waals surface area contributed by atoms with E-state index in [0.717, 1.165) is 67.1 Å². The molecule has 0 spiro atoms. The van der Waals surface area contributed by atoms with Crippen molar-refractivity contribution in [3.8, 4) is 0 Å². The molecule has 1 aromatic heterocycles. The number of carbonyl (C=O) groups is 1. The Labute approximate surface area is 177 Å². The predicted octanol–water partition coefficient (Wildman–Crippen LogP) is 4.79. The molecule has 1 aromatic carbocycles. The first-order chi connectivity index (χ1) is 14.0. The van der Waals surface area contributed by atoms with Crippen molar-refractivity contribution in [3.05, 3.63) is 48.3 Å². The standard InChI is InChI=1S/C23H30N4OS/c1-4-11-24-22-25-16(2)23(3,29-22)15-17-9-12-27(13-10-17)21(28)20-14-18-7-5-6-8-19(18)26-20/h5-8,14,17,26H,2,4,9-13,15H2,1,3H3,(H,24,25). The zero-order chi connectivity index (χ0) is 20.4. The number of carbonyl (C=O) groups excluding carboxylic acids is 1. The van der Waals surface area contributed by atoms with Crippen LogP contribution in [-0.4, -0.2) is 45.3 Å². The summed E-state index contributed by atoms with van der Waals surface area (Å²) in [5.41, 5.74) is 2.77. The zero-order valence-electron chi connectivity index (χ0n) is 17.3. The Balaban J connectivity index is 1.34. The smallest absolute Gasteiger partial charge is 0.270 e. The molecule has 2 aliphatic rings. The van der Waals surface area contributed by atoms with Crippen molar-refractivity contribution in [3.63, 3.8) is 0 Å². The fraction of sp³-hybridized carbons (Fsp3) is 0.478. The number of amidine groups is 1. The molecule has 2 aromatic rings. The maximum atomic E-state index is 12.9. The van der Waals surface area contributed by atoms with Gasteiger partial charge in [-0.05, 0) is 50.7 Å². The molecule has 2 aliphatic heterocycles. The van der Waals surface area contributed by atoms with Crippen LogP contribution < -0.4 is 5.32 Å². The largest absolute Gasteiger partial charge is 0.351 e. The first-order valence-corrected chi connectivity index (χ1v) is 11.4. The Bertz CT molecular complexity index is 908. The van der Waals surface area contributed by atoms with Crippen LogP contribution in [0.2, 0.25) is 0 Å². The number of benzene rings is 1. The van der Waals surface area contributed by atoms with Gasteiger partial charge in [-0.25, -0.2) is 0 Å². The second kappa shape index (κ2) is 8.27. The van der Waals surface area contributed by atoms with Crippen molar-refractivity contribution in [1.82, 2.24) is 15.2 Å². The van der Waals surface area contributed by atoms with Gasteiger partial charge >= 0.3 is 0 Å². The maximum Gasteiger partial charge on any atom is 0.270 e. The van der Waals surface area contributed by atoms with Gasteiger partial charge in [-0.3, -0.25) is 9.79 Å². The average molecular weight is 411 g/mol. The van der Waals surface area contributed by atoms with Crippen molar-refractivity contribution in [2.45, 2.75) is 44.3 Å². The third kappa shape index (κ3) is 4.22. The van der Waals surface area contributed by atoms with Crippen LogP contribution in [0.5, 0.6) is 0 Å². The molecular weight excluding hydrogens is 380 g/mol. The molecule has 2 N–H and O–H groups in total. The number of piperidine rings is 1. The van der Waals surface area contributed by atoms with E-state index in [2.05, 4.69) is 35.7 Å². The molecule has 0 saturated carbocycles. The summed E-state index contributed by atoms with van der Waals surface area (Å²) in [4.78, 5) is 22.8. The van der Waals surface area contributed by atoms with Crippen molar-refractivity contribution in [2.24, 2.45) is 10.9 Å². The summed E-state index contributed by atoms with van der Waals surface area (Å²) in [6, 6.07) is 10.00. The molecule has 0 bridgehead atoms. The van der Waals surface area contributed by atoms with E-state index in [9.17, 15) is 4.79 Å². The summed E-state index contributed by atoms with van der Waals surface area (Å²) in [6.45, 7) is 11.1. The minimum Gasteiger partial charge on any atom is -0.351 e. The number of H-pyrrole nitrogens is 1. The highest BCUT2D eigenvalue weighted by molar-refractivity contribution is 8.15. The monoisotopic (exact) mass is 410 g/mol. The fourth-order valence-electron chi connectivity index (χ4n) is 4.26. The van der Waals surface area contributed by atoms with Gasteiger partial charge in [-0.1, -0.05) is 43.5 Å². The number of nitrogens with zero attached hydrogens (tertiary/aromatic N) is 2. The van der Waals surface area contributed by atoms with E-state index in [1.165, 1.54) is 0 Å². The molecule has 1 unspecified atom stereocenters.